The number of carbonyl (C=O) groups excluding carboxylic acids is 2. The number of hydrogen-bond donors (Lipinski definition) is 2. The number of thiol groups is 1. The van der Waals surface area contributed by atoms with E-state index in [9.17, 15) is 22.8 Å². The summed E-state index contributed by atoms with van der Waals surface area (Å²) < 4.78 is 67.7. The summed E-state index contributed by atoms with van der Waals surface area (Å²) in [4.78, 5) is 23.0. The van der Waals surface area contributed by atoms with Crippen LogP contribution in [0.4, 0.5) is 13.2 Å². The summed E-state index contributed by atoms with van der Waals surface area (Å²) in [5.74, 6) is 0.287. The third-order valence-electron chi connectivity index (χ3n) is 4.17. The molecule has 0 heterocycles. The van der Waals surface area contributed by atoms with Crippen LogP contribution in [-0.4, -0.2) is 30.4 Å². The maximum atomic E-state index is 11.1. The van der Waals surface area contributed by atoms with Crippen LogP contribution in [0.1, 0.15) is 13.8 Å². The van der Waals surface area contributed by atoms with Gasteiger partial charge in [0.05, 0.1) is 0 Å². The van der Waals surface area contributed by atoms with Crippen molar-refractivity contribution < 1.29 is 45.2 Å². The van der Waals surface area contributed by atoms with Crippen molar-refractivity contribution in [2.75, 3.05) is 0 Å². The molecule has 0 fully saturated rings. The molecule has 0 atom stereocenters. The van der Waals surface area contributed by atoms with Crippen molar-refractivity contribution in [2.45, 2.75) is 24.3 Å². The van der Waals surface area contributed by atoms with Gasteiger partial charge in [-0.1, -0.05) is 36.4 Å². The zero-order valence-corrected chi connectivity index (χ0v) is 19.9. The molecule has 1 N–H and O–H groups in total. The molecule has 12 heteroatoms. The molecular formula is C23H19F3O7S2. The van der Waals surface area contributed by atoms with E-state index in [1.165, 1.54) is 13.8 Å². The lowest BCUT2D eigenvalue weighted by molar-refractivity contribution is -0.132. The van der Waals surface area contributed by atoms with Crippen molar-refractivity contribution >= 4 is 34.7 Å². The van der Waals surface area contributed by atoms with E-state index in [4.69, 9.17) is 22.4 Å². The fourth-order valence-electron chi connectivity index (χ4n) is 2.81. The first-order valence-electron chi connectivity index (χ1n) is 9.62. The van der Waals surface area contributed by atoms with Crippen molar-refractivity contribution in [3.63, 3.8) is 0 Å². The van der Waals surface area contributed by atoms with Crippen molar-refractivity contribution in [2.24, 2.45) is 0 Å². The Morgan fingerprint density at radius 3 is 1.57 bits per heavy atom. The van der Waals surface area contributed by atoms with Gasteiger partial charge >= 0.3 is 27.6 Å². The monoisotopic (exact) mass is 528 g/mol. The molecule has 35 heavy (non-hydrogen) atoms. The minimum absolute atomic E-state index is 0.353. The van der Waals surface area contributed by atoms with E-state index in [0.717, 1.165) is 27.1 Å². The van der Waals surface area contributed by atoms with Crippen LogP contribution in [0.15, 0.2) is 71.6 Å². The summed E-state index contributed by atoms with van der Waals surface area (Å²) in [6.45, 7) is 2.74. The maximum absolute atomic E-state index is 11.1. The first-order chi connectivity index (χ1) is 16.2. The molecule has 0 aliphatic rings. The number of halogens is 3. The normalized spacial score (nSPS) is 11.2. The highest BCUT2D eigenvalue weighted by molar-refractivity contribution is 7.86. The summed E-state index contributed by atoms with van der Waals surface area (Å²) in [6, 6.07) is 20.5. The Hall–Kier alpha value is -3.35. The fraction of sp³-hybridized carbons (Fsp3) is 0.130. The average molecular weight is 529 g/mol. The lowest BCUT2D eigenvalue weighted by Gasteiger charge is -2.14. The predicted octanol–water partition coefficient (Wildman–Crippen LogP) is 5.55. The Kier molecular flexibility index (Phi) is 9.07. The Morgan fingerprint density at radius 1 is 0.800 bits per heavy atom. The zero-order valence-electron chi connectivity index (χ0n) is 18.2. The summed E-state index contributed by atoms with van der Waals surface area (Å²) in [6.07, 6.45) is 0. The van der Waals surface area contributed by atoms with Crippen molar-refractivity contribution in [1.82, 2.24) is 0 Å². The van der Waals surface area contributed by atoms with Crippen LogP contribution in [0.2, 0.25) is 0 Å². The van der Waals surface area contributed by atoms with Gasteiger partial charge in [-0.15, -0.1) is 12.6 Å². The molecule has 0 aliphatic heterocycles. The lowest BCUT2D eigenvalue weighted by atomic mass is 9.94. The molecule has 0 amide bonds. The predicted molar refractivity (Wildman–Crippen MR) is 125 cm³/mol. The van der Waals surface area contributed by atoms with Gasteiger partial charge in [-0.25, -0.2) is 0 Å². The van der Waals surface area contributed by atoms with Crippen molar-refractivity contribution in [1.29, 1.82) is 0 Å². The van der Waals surface area contributed by atoms with Crippen LogP contribution < -0.4 is 9.47 Å². The highest BCUT2D eigenvalue weighted by Crippen LogP contribution is 2.37. The summed E-state index contributed by atoms with van der Waals surface area (Å²) in [5, 5.41) is 0. The van der Waals surface area contributed by atoms with Crippen molar-refractivity contribution in [3.8, 4) is 33.8 Å². The lowest BCUT2D eigenvalue weighted by Crippen LogP contribution is -2.21. The molecule has 3 aromatic carbocycles. The molecule has 7 nitrogen and oxygen atoms in total. The van der Waals surface area contributed by atoms with E-state index in [1.807, 2.05) is 42.5 Å². The SMILES string of the molecule is CC(=O)Oc1ccc(-c2cccc(S)c2-c2ccc(OC(C)=O)cc2)cc1.O=S(=O)(O)C(F)(F)F. The third-order valence-corrected chi connectivity index (χ3v) is 5.12. The molecule has 0 radical (unpaired) electrons. The summed E-state index contributed by atoms with van der Waals surface area (Å²) >= 11 is 4.62. The minimum atomic E-state index is -5.84. The number of esters is 2. The second-order valence-corrected chi connectivity index (χ2v) is 8.75. The standard InChI is InChI=1S/C22H18O4S.CHF3O3S/c1-14(23)25-18-10-6-16(7-11-18)20-4-3-5-21(27)22(20)17-8-12-19(13-9-17)26-15(2)24;2-1(3,4)8(5,6)7/h3-13,27H,1-2H3;(H,5,6,7). The van der Waals surface area contributed by atoms with Crippen LogP contribution >= 0.6 is 12.6 Å². The quantitative estimate of drug-likeness (QED) is 0.150. The van der Waals surface area contributed by atoms with Crippen LogP contribution in [0, 0.1) is 0 Å². The number of benzene rings is 3. The topological polar surface area (TPSA) is 107 Å². The van der Waals surface area contributed by atoms with Gasteiger partial charge in [-0.05, 0) is 47.0 Å². The van der Waals surface area contributed by atoms with E-state index < -0.39 is 15.6 Å². The number of alkyl halides is 3. The van der Waals surface area contributed by atoms with E-state index in [-0.39, 0.29) is 11.9 Å². The number of rotatable bonds is 4. The van der Waals surface area contributed by atoms with Gasteiger partial charge in [-0.3, -0.25) is 14.1 Å². The number of ether oxygens (including phenoxy) is 2. The molecule has 3 rings (SSSR count). The number of carbonyl (C=O) groups is 2. The van der Waals surface area contributed by atoms with E-state index in [0.29, 0.717) is 11.5 Å². The largest absolute Gasteiger partial charge is 0.522 e. The Morgan fingerprint density at radius 2 is 1.20 bits per heavy atom. The van der Waals surface area contributed by atoms with E-state index >= 15 is 0 Å². The van der Waals surface area contributed by atoms with E-state index in [2.05, 4.69) is 12.6 Å². The molecule has 3 aromatic rings. The van der Waals surface area contributed by atoms with Gasteiger partial charge in [0.2, 0.25) is 0 Å². The molecule has 0 saturated heterocycles. The van der Waals surface area contributed by atoms with Crippen LogP contribution in [-0.2, 0) is 19.7 Å². The summed E-state index contributed by atoms with van der Waals surface area (Å²) in [7, 11) is -5.84. The molecule has 0 saturated carbocycles. The van der Waals surface area contributed by atoms with Crippen LogP contribution in [0.3, 0.4) is 0 Å². The number of hydrogen-bond acceptors (Lipinski definition) is 7. The Bertz CT molecular complexity index is 1300. The first-order valence-corrected chi connectivity index (χ1v) is 11.5. The second-order valence-electron chi connectivity index (χ2n) is 6.86. The van der Waals surface area contributed by atoms with Crippen LogP contribution in [0.5, 0.6) is 11.5 Å². The second kappa shape index (κ2) is 11.4. The molecule has 0 spiro atoms. The van der Waals surface area contributed by atoms with Gasteiger partial charge in [-0.2, -0.15) is 21.6 Å². The molecule has 186 valence electrons. The average Bonchev–Trinajstić information content (AvgIpc) is 2.73. The van der Waals surface area contributed by atoms with Gasteiger partial charge in [0.25, 0.3) is 0 Å². The fourth-order valence-corrected chi connectivity index (χ4v) is 3.14. The summed E-state index contributed by atoms with van der Waals surface area (Å²) in [5.41, 5.74) is -1.64. The smallest absolute Gasteiger partial charge is 0.427 e. The molecule has 0 unspecified atom stereocenters. The Labute approximate surface area is 204 Å². The maximum Gasteiger partial charge on any atom is 0.522 e. The van der Waals surface area contributed by atoms with Gasteiger partial charge in [0, 0.05) is 24.3 Å². The minimum Gasteiger partial charge on any atom is -0.427 e. The molecule has 0 aliphatic carbocycles. The Balaban J connectivity index is 0.000000466. The molecule has 0 bridgehead atoms. The highest BCUT2D eigenvalue weighted by Gasteiger charge is 2.44. The van der Waals surface area contributed by atoms with E-state index in [1.54, 1.807) is 24.3 Å². The van der Waals surface area contributed by atoms with Gasteiger partial charge in [0.15, 0.2) is 0 Å². The first kappa shape index (κ1) is 27.9. The zero-order chi connectivity index (χ0) is 26.4. The molecule has 0 aromatic heterocycles. The molecular weight excluding hydrogens is 509 g/mol. The van der Waals surface area contributed by atoms with Gasteiger partial charge < -0.3 is 9.47 Å². The highest BCUT2D eigenvalue weighted by atomic mass is 32.2. The van der Waals surface area contributed by atoms with Gasteiger partial charge in [0.1, 0.15) is 11.5 Å². The van der Waals surface area contributed by atoms with Crippen molar-refractivity contribution in [3.05, 3.63) is 66.7 Å². The third kappa shape index (κ3) is 8.12. The van der Waals surface area contributed by atoms with Crippen LogP contribution in [0.25, 0.3) is 22.3 Å².